The predicted octanol–water partition coefficient (Wildman–Crippen LogP) is 2.55. The Labute approximate surface area is 118 Å². The highest BCUT2D eigenvalue weighted by Crippen LogP contribution is 2.23. The van der Waals surface area contributed by atoms with Crippen LogP contribution in [-0.2, 0) is 11.3 Å². The molecular formula is C12H12N2O5S. The van der Waals surface area contributed by atoms with Crippen LogP contribution < -0.4 is 5.32 Å². The quantitative estimate of drug-likeness (QED) is 0.601. The van der Waals surface area contributed by atoms with Crippen molar-refractivity contribution in [3.8, 4) is 0 Å². The molecule has 2 aromatic heterocycles. The average Bonchev–Trinajstić information content (AvgIpc) is 3.05. The van der Waals surface area contributed by atoms with Crippen LogP contribution in [0.5, 0.6) is 0 Å². The lowest BCUT2D eigenvalue weighted by molar-refractivity contribution is -0.402. The number of nitrogens with one attached hydrogen (secondary N) is 1. The lowest BCUT2D eigenvalue weighted by Gasteiger charge is -2.14. The highest BCUT2D eigenvalue weighted by atomic mass is 32.1. The molecule has 106 valence electrons. The molecule has 8 heteroatoms. The first kappa shape index (κ1) is 14.2. The van der Waals surface area contributed by atoms with E-state index in [1.165, 1.54) is 23.5 Å². The van der Waals surface area contributed by atoms with Crippen LogP contribution in [0, 0.1) is 10.1 Å². The molecule has 0 fully saturated rings. The van der Waals surface area contributed by atoms with E-state index in [9.17, 15) is 14.9 Å². The zero-order chi connectivity index (χ0) is 14.5. The van der Waals surface area contributed by atoms with Gasteiger partial charge < -0.3 is 14.8 Å². The van der Waals surface area contributed by atoms with Gasteiger partial charge in [0.05, 0.1) is 25.1 Å². The smallest absolute Gasteiger partial charge is 0.433 e. The Morgan fingerprint density at radius 1 is 1.50 bits per heavy atom. The molecule has 2 heterocycles. The number of furan rings is 1. The van der Waals surface area contributed by atoms with Crippen LogP contribution in [-0.4, -0.2) is 16.0 Å². The van der Waals surface area contributed by atoms with Gasteiger partial charge in [-0.15, -0.1) is 11.3 Å². The topological polar surface area (TPSA) is 106 Å². The Morgan fingerprint density at radius 2 is 2.30 bits per heavy atom. The molecular weight excluding hydrogens is 284 g/mol. The van der Waals surface area contributed by atoms with Crippen LogP contribution >= 0.6 is 11.3 Å². The van der Waals surface area contributed by atoms with E-state index in [1.807, 2.05) is 17.5 Å². The van der Waals surface area contributed by atoms with Crippen LogP contribution in [0.15, 0.2) is 34.1 Å². The van der Waals surface area contributed by atoms with Crippen LogP contribution in [0.2, 0.25) is 0 Å². The Hall–Kier alpha value is -2.19. The number of hydrogen-bond donors (Lipinski definition) is 2. The maximum Gasteiger partial charge on any atom is 0.433 e. The standard InChI is InChI=1S/C12H12N2O5S/c15-12(16)6-9(10-2-1-5-20-10)13-7-8-3-4-11(19-8)14(17)18/h1-5,9,13H,6-7H2,(H,15,16). The minimum absolute atomic E-state index is 0.0662. The van der Waals surface area contributed by atoms with Crippen molar-refractivity contribution in [2.45, 2.75) is 19.0 Å². The summed E-state index contributed by atoms with van der Waals surface area (Å²) in [6.07, 6.45) is -0.0662. The third-order valence-corrected chi connectivity index (χ3v) is 3.60. The predicted molar refractivity (Wildman–Crippen MR) is 71.5 cm³/mol. The van der Waals surface area contributed by atoms with E-state index in [2.05, 4.69) is 5.32 Å². The monoisotopic (exact) mass is 296 g/mol. The lowest BCUT2D eigenvalue weighted by Crippen LogP contribution is -2.22. The molecule has 2 rings (SSSR count). The van der Waals surface area contributed by atoms with Gasteiger partial charge in [0.15, 0.2) is 0 Å². The molecule has 7 nitrogen and oxygen atoms in total. The Kier molecular flexibility index (Phi) is 4.49. The number of thiophene rings is 1. The van der Waals surface area contributed by atoms with Gasteiger partial charge in [-0.2, -0.15) is 0 Å². The van der Waals surface area contributed by atoms with Crippen molar-refractivity contribution in [2.75, 3.05) is 0 Å². The molecule has 0 aliphatic carbocycles. The summed E-state index contributed by atoms with van der Waals surface area (Å²) in [6.45, 7) is 0.226. The summed E-state index contributed by atoms with van der Waals surface area (Å²) in [4.78, 5) is 21.6. The van der Waals surface area contributed by atoms with E-state index in [0.717, 1.165) is 4.88 Å². The average molecular weight is 296 g/mol. The van der Waals surface area contributed by atoms with Crippen LogP contribution in [0.3, 0.4) is 0 Å². The molecule has 0 amide bonds. The highest BCUT2D eigenvalue weighted by molar-refractivity contribution is 7.10. The third-order valence-electron chi connectivity index (χ3n) is 2.62. The normalized spacial score (nSPS) is 12.2. The fraction of sp³-hybridized carbons (Fsp3) is 0.250. The summed E-state index contributed by atoms with van der Waals surface area (Å²) in [5.41, 5.74) is 0. The number of aliphatic carboxylic acids is 1. The molecule has 2 N–H and O–H groups in total. The van der Waals surface area contributed by atoms with E-state index in [-0.39, 0.29) is 24.9 Å². The highest BCUT2D eigenvalue weighted by Gasteiger charge is 2.18. The number of carboxylic acid groups (broad SMARTS) is 1. The van der Waals surface area contributed by atoms with Gasteiger partial charge in [0.25, 0.3) is 0 Å². The van der Waals surface area contributed by atoms with E-state index in [4.69, 9.17) is 9.52 Å². The first-order valence-electron chi connectivity index (χ1n) is 5.78. The van der Waals surface area contributed by atoms with Crippen molar-refractivity contribution >= 4 is 23.2 Å². The van der Waals surface area contributed by atoms with E-state index < -0.39 is 10.9 Å². The van der Waals surface area contributed by atoms with Gasteiger partial charge in [-0.05, 0) is 17.5 Å². The maximum absolute atomic E-state index is 10.9. The zero-order valence-corrected chi connectivity index (χ0v) is 11.1. The van der Waals surface area contributed by atoms with E-state index >= 15 is 0 Å². The number of hydrogen-bond acceptors (Lipinski definition) is 6. The molecule has 1 atom stereocenters. The van der Waals surface area contributed by atoms with Crippen molar-refractivity contribution in [1.29, 1.82) is 0 Å². The second-order valence-corrected chi connectivity index (χ2v) is 5.02. The minimum atomic E-state index is -0.915. The van der Waals surface area contributed by atoms with Crippen molar-refractivity contribution in [2.24, 2.45) is 0 Å². The molecule has 0 aromatic carbocycles. The Bertz CT molecular complexity index is 593. The van der Waals surface area contributed by atoms with Crippen molar-refractivity contribution in [3.63, 3.8) is 0 Å². The number of nitro groups is 1. The fourth-order valence-corrected chi connectivity index (χ4v) is 2.52. The second kappa shape index (κ2) is 6.31. The van der Waals surface area contributed by atoms with E-state index in [0.29, 0.717) is 5.76 Å². The van der Waals surface area contributed by atoms with Gasteiger partial charge in [0, 0.05) is 4.88 Å². The van der Waals surface area contributed by atoms with Gasteiger partial charge in [0.2, 0.25) is 0 Å². The summed E-state index contributed by atoms with van der Waals surface area (Å²) in [5.74, 6) is -0.849. The molecule has 0 bridgehead atoms. The molecule has 0 radical (unpaired) electrons. The summed E-state index contributed by atoms with van der Waals surface area (Å²) in [5, 5.41) is 24.3. The Balaban J connectivity index is 2.01. The molecule has 2 aromatic rings. The number of nitrogens with zero attached hydrogens (tertiary/aromatic N) is 1. The maximum atomic E-state index is 10.9. The van der Waals surface area contributed by atoms with Gasteiger partial charge in [-0.1, -0.05) is 6.07 Å². The fourth-order valence-electron chi connectivity index (χ4n) is 1.72. The first-order valence-corrected chi connectivity index (χ1v) is 6.66. The molecule has 0 saturated heterocycles. The summed E-state index contributed by atoms with van der Waals surface area (Å²) in [7, 11) is 0. The molecule has 1 unspecified atom stereocenters. The Morgan fingerprint density at radius 3 is 2.85 bits per heavy atom. The van der Waals surface area contributed by atoms with Gasteiger partial charge in [-0.3, -0.25) is 14.9 Å². The molecule has 0 spiro atoms. The van der Waals surface area contributed by atoms with E-state index in [1.54, 1.807) is 0 Å². The van der Waals surface area contributed by atoms with Crippen LogP contribution in [0.25, 0.3) is 0 Å². The molecule has 0 saturated carbocycles. The number of rotatable bonds is 7. The summed E-state index contributed by atoms with van der Waals surface area (Å²) >= 11 is 1.45. The summed E-state index contributed by atoms with van der Waals surface area (Å²) in [6, 6.07) is 6.10. The number of carboxylic acids is 1. The molecule has 20 heavy (non-hydrogen) atoms. The lowest BCUT2D eigenvalue weighted by atomic mass is 10.1. The zero-order valence-electron chi connectivity index (χ0n) is 10.3. The van der Waals surface area contributed by atoms with Crippen molar-refractivity contribution in [3.05, 3.63) is 50.4 Å². The molecule has 0 aliphatic rings. The van der Waals surface area contributed by atoms with Crippen LogP contribution in [0.1, 0.15) is 23.1 Å². The molecule has 0 aliphatic heterocycles. The SMILES string of the molecule is O=C(O)CC(NCc1ccc([N+](=O)[O-])o1)c1cccs1. The third kappa shape index (κ3) is 3.65. The van der Waals surface area contributed by atoms with Crippen molar-refractivity contribution in [1.82, 2.24) is 5.32 Å². The largest absolute Gasteiger partial charge is 0.481 e. The van der Waals surface area contributed by atoms with Gasteiger partial charge in [0.1, 0.15) is 10.7 Å². The summed E-state index contributed by atoms with van der Waals surface area (Å²) < 4.78 is 5.01. The van der Waals surface area contributed by atoms with Gasteiger partial charge in [-0.25, -0.2) is 0 Å². The minimum Gasteiger partial charge on any atom is -0.481 e. The van der Waals surface area contributed by atoms with Crippen LogP contribution in [0.4, 0.5) is 5.88 Å². The second-order valence-electron chi connectivity index (χ2n) is 4.04. The van der Waals surface area contributed by atoms with Crippen molar-refractivity contribution < 1.29 is 19.2 Å². The first-order chi connectivity index (χ1) is 9.56. The number of carbonyl (C=O) groups is 1. The van der Waals surface area contributed by atoms with Gasteiger partial charge >= 0.3 is 11.9 Å².